The van der Waals surface area contributed by atoms with E-state index in [2.05, 4.69) is 15.1 Å². The summed E-state index contributed by atoms with van der Waals surface area (Å²) in [6.45, 7) is 6.14. The number of aryl methyl sites for hydroxylation is 1. The predicted octanol–water partition coefficient (Wildman–Crippen LogP) is 0.846. The molecule has 0 unspecified atom stereocenters. The summed E-state index contributed by atoms with van der Waals surface area (Å²) in [5, 5.41) is 2.89. The lowest BCUT2D eigenvalue weighted by atomic mass is 10.1. The van der Waals surface area contributed by atoms with Crippen molar-refractivity contribution in [2.24, 2.45) is 0 Å². The Morgan fingerprint density at radius 2 is 1.77 bits per heavy atom. The van der Waals surface area contributed by atoms with Gasteiger partial charge in [-0.1, -0.05) is 12.1 Å². The molecular formula is C19H29FN4O2. The van der Waals surface area contributed by atoms with Gasteiger partial charge in [-0.25, -0.2) is 4.39 Å². The highest BCUT2D eigenvalue weighted by molar-refractivity contribution is 5.78. The first-order valence-electron chi connectivity index (χ1n) is 9.01. The van der Waals surface area contributed by atoms with Crippen LogP contribution in [0.5, 0.6) is 0 Å². The molecule has 2 rings (SSSR count). The number of halogens is 1. The highest BCUT2D eigenvalue weighted by atomic mass is 19.1. The van der Waals surface area contributed by atoms with Gasteiger partial charge in [0.1, 0.15) is 5.82 Å². The molecule has 1 heterocycles. The predicted molar refractivity (Wildman–Crippen MR) is 99.2 cm³/mol. The molecule has 1 aromatic carbocycles. The molecule has 1 saturated heterocycles. The van der Waals surface area contributed by atoms with E-state index in [1.165, 1.54) is 6.07 Å². The third-order valence-corrected chi connectivity index (χ3v) is 4.62. The van der Waals surface area contributed by atoms with Gasteiger partial charge in [-0.15, -0.1) is 0 Å². The molecular weight excluding hydrogens is 335 g/mol. The fraction of sp³-hybridized carbons (Fsp3) is 0.579. The van der Waals surface area contributed by atoms with E-state index >= 15 is 0 Å². The minimum atomic E-state index is -0.234. The maximum Gasteiger partial charge on any atom is 0.236 e. The standard InChI is InChI=1S/C19H29FN4O2/c1-15-11-16(5-6-17(15)20)12-21-18(25)13-23-7-4-8-24(10-9-23)14-19(26)22(2)3/h5-6,11H,4,7-10,12-14H2,1-3H3,(H,21,25). The monoisotopic (exact) mass is 364 g/mol. The molecule has 0 radical (unpaired) electrons. The Morgan fingerprint density at radius 3 is 2.38 bits per heavy atom. The van der Waals surface area contributed by atoms with Gasteiger partial charge >= 0.3 is 0 Å². The number of nitrogens with one attached hydrogen (secondary N) is 1. The third-order valence-electron chi connectivity index (χ3n) is 4.62. The number of nitrogens with zero attached hydrogens (tertiary/aromatic N) is 3. The number of hydrogen-bond acceptors (Lipinski definition) is 4. The van der Waals surface area contributed by atoms with E-state index in [9.17, 15) is 14.0 Å². The summed E-state index contributed by atoms with van der Waals surface area (Å²) in [4.78, 5) is 29.9. The zero-order valence-corrected chi connectivity index (χ0v) is 15.9. The van der Waals surface area contributed by atoms with Crippen LogP contribution in [0.4, 0.5) is 4.39 Å². The van der Waals surface area contributed by atoms with Crippen molar-refractivity contribution in [2.45, 2.75) is 19.9 Å². The molecule has 1 aromatic rings. The van der Waals surface area contributed by atoms with Crippen LogP contribution in [0.3, 0.4) is 0 Å². The normalized spacial score (nSPS) is 16.2. The van der Waals surface area contributed by atoms with Crippen LogP contribution >= 0.6 is 0 Å². The van der Waals surface area contributed by atoms with Crippen LogP contribution in [0, 0.1) is 12.7 Å². The highest BCUT2D eigenvalue weighted by Gasteiger charge is 2.19. The van der Waals surface area contributed by atoms with E-state index in [4.69, 9.17) is 0 Å². The van der Waals surface area contributed by atoms with Gasteiger partial charge in [0, 0.05) is 33.7 Å². The average molecular weight is 364 g/mol. The largest absolute Gasteiger partial charge is 0.351 e. The molecule has 1 fully saturated rings. The Balaban J connectivity index is 1.75. The summed E-state index contributed by atoms with van der Waals surface area (Å²) in [6, 6.07) is 4.87. The van der Waals surface area contributed by atoms with Crippen LogP contribution in [0.15, 0.2) is 18.2 Å². The van der Waals surface area contributed by atoms with E-state index in [1.807, 2.05) is 0 Å². The highest BCUT2D eigenvalue weighted by Crippen LogP contribution is 2.09. The number of carbonyl (C=O) groups excluding carboxylic acids is 2. The SMILES string of the molecule is Cc1cc(CNC(=O)CN2CCCN(CC(=O)N(C)C)CC2)ccc1F. The Hall–Kier alpha value is -1.99. The van der Waals surface area contributed by atoms with Crippen LogP contribution in [-0.2, 0) is 16.1 Å². The first-order valence-corrected chi connectivity index (χ1v) is 9.01. The number of hydrogen-bond donors (Lipinski definition) is 1. The summed E-state index contributed by atoms with van der Waals surface area (Å²) < 4.78 is 13.3. The molecule has 0 bridgehead atoms. The number of rotatable bonds is 6. The van der Waals surface area contributed by atoms with Crippen molar-refractivity contribution >= 4 is 11.8 Å². The second-order valence-corrected chi connectivity index (χ2v) is 7.05. The van der Waals surface area contributed by atoms with Crippen LogP contribution < -0.4 is 5.32 Å². The molecule has 0 aromatic heterocycles. The van der Waals surface area contributed by atoms with Gasteiger partial charge in [-0.2, -0.15) is 0 Å². The Labute approximate surface area is 154 Å². The first-order chi connectivity index (χ1) is 12.3. The van der Waals surface area contributed by atoms with Crippen molar-refractivity contribution < 1.29 is 14.0 Å². The van der Waals surface area contributed by atoms with E-state index in [0.717, 1.165) is 38.2 Å². The summed E-state index contributed by atoms with van der Waals surface area (Å²) >= 11 is 0. The molecule has 7 heteroatoms. The molecule has 0 atom stereocenters. The van der Waals surface area contributed by atoms with Gasteiger partial charge < -0.3 is 10.2 Å². The minimum absolute atomic E-state index is 0.0372. The molecule has 6 nitrogen and oxygen atoms in total. The van der Waals surface area contributed by atoms with E-state index in [1.54, 1.807) is 38.1 Å². The van der Waals surface area contributed by atoms with Gasteiger partial charge in [0.25, 0.3) is 0 Å². The van der Waals surface area contributed by atoms with Gasteiger partial charge in [-0.05, 0) is 43.6 Å². The molecule has 0 saturated carbocycles. The molecule has 26 heavy (non-hydrogen) atoms. The van der Waals surface area contributed by atoms with Crippen molar-refractivity contribution in [2.75, 3.05) is 53.4 Å². The minimum Gasteiger partial charge on any atom is -0.351 e. The van der Waals surface area contributed by atoms with Crippen molar-refractivity contribution in [1.29, 1.82) is 0 Å². The third kappa shape index (κ3) is 6.38. The topological polar surface area (TPSA) is 55.9 Å². The van der Waals surface area contributed by atoms with Crippen molar-refractivity contribution in [3.63, 3.8) is 0 Å². The van der Waals surface area contributed by atoms with Gasteiger partial charge in [0.05, 0.1) is 13.1 Å². The Morgan fingerprint density at radius 1 is 1.12 bits per heavy atom. The molecule has 1 aliphatic heterocycles. The molecule has 1 aliphatic rings. The second-order valence-electron chi connectivity index (χ2n) is 7.05. The lowest BCUT2D eigenvalue weighted by Crippen LogP contribution is -2.40. The van der Waals surface area contributed by atoms with Crippen LogP contribution in [-0.4, -0.2) is 79.9 Å². The zero-order valence-electron chi connectivity index (χ0n) is 15.9. The Kier molecular flexibility index (Phi) is 7.53. The number of benzene rings is 1. The van der Waals surface area contributed by atoms with Crippen molar-refractivity contribution in [1.82, 2.24) is 20.0 Å². The fourth-order valence-corrected chi connectivity index (χ4v) is 2.95. The molecule has 1 N–H and O–H groups in total. The number of likely N-dealkylation sites (N-methyl/N-ethyl adjacent to an activating group) is 1. The van der Waals surface area contributed by atoms with Crippen LogP contribution in [0.2, 0.25) is 0 Å². The molecule has 144 valence electrons. The second kappa shape index (κ2) is 9.64. The van der Waals surface area contributed by atoms with Crippen LogP contribution in [0.1, 0.15) is 17.5 Å². The van der Waals surface area contributed by atoms with Gasteiger partial charge in [0.2, 0.25) is 11.8 Å². The summed E-state index contributed by atoms with van der Waals surface area (Å²) in [6.07, 6.45) is 0.936. The summed E-state index contributed by atoms with van der Waals surface area (Å²) in [5.74, 6) is -0.169. The smallest absolute Gasteiger partial charge is 0.236 e. The lowest BCUT2D eigenvalue weighted by molar-refractivity contribution is -0.130. The van der Waals surface area contributed by atoms with Gasteiger partial charge in [0.15, 0.2) is 0 Å². The summed E-state index contributed by atoms with van der Waals surface area (Å²) in [5.41, 5.74) is 1.47. The average Bonchev–Trinajstić information content (AvgIpc) is 2.81. The maximum atomic E-state index is 13.3. The Bertz CT molecular complexity index is 636. The maximum absolute atomic E-state index is 13.3. The van der Waals surface area contributed by atoms with Gasteiger partial charge in [-0.3, -0.25) is 19.4 Å². The lowest BCUT2D eigenvalue weighted by Gasteiger charge is -2.22. The van der Waals surface area contributed by atoms with E-state index < -0.39 is 0 Å². The van der Waals surface area contributed by atoms with Crippen molar-refractivity contribution in [3.05, 3.63) is 35.1 Å². The molecule has 0 aliphatic carbocycles. The number of carbonyl (C=O) groups is 2. The van der Waals surface area contributed by atoms with Crippen LogP contribution in [0.25, 0.3) is 0 Å². The molecule has 0 spiro atoms. The quantitative estimate of drug-likeness (QED) is 0.813. The number of amides is 2. The van der Waals surface area contributed by atoms with Crippen molar-refractivity contribution in [3.8, 4) is 0 Å². The summed E-state index contributed by atoms with van der Waals surface area (Å²) in [7, 11) is 3.53. The first kappa shape index (κ1) is 20.3. The van der Waals surface area contributed by atoms with E-state index in [-0.39, 0.29) is 17.6 Å². The molecule has 2 amide bonds. The fourth-order valence-electron chi connectivity index (χ4n) is 2.95. The van der Waals surface area contributed by atoms with E-state index in [0.29, 0.717) is 25.2 Å². The zero-order chi connectivity index (χ0) is 19.1.